The molecule has 0 saturated carbocycles. The second-order valence-electron chi connectivity index (χ2n) is 2.39. The van der Waals surface area contributed by atoms with Crippen molar-refractivity contribution in [2.75, 3.05) is 12.8 Å². The molecule has 0 saturated heterocycles. The Bertz CT molecular complexity index is 233. The maximum absolute atomic E-state index is 10.1. The van der Waals surface area contributed by atoms with Crippen molar-refractivity contribution in [1.82, 2.24) is 5.32 Å². The number of likely N-dealkylation sites (N-methyl/N-ethyl adjacent to an activating group) is 1. The van der Waals surface area contributed by atoms with Gasteiger partial charge in [-0.1, -0.05) is 25.6 Å². The highest BCUT2D eigenvalue weighted by atomic mass is 32.2. The van der Waals surface area contributed by atoms with Gasteiger partial charge in [0, 0.05) is 12.7 Å². The van der Waals surface area contributed by atoms with Gasteiger partial charge >= 0.3 is 0 Å². The summed E-state index contributed by atoms with van der Waals surface area (Å²) in [7, 11) is 1.75. The van der Waals surface area contributed by atoms with E-state index in [2.05, 4.69) is 5.32 Å². The Kier molecular flexibility index (Phi) is 12.0. The molecule has 0 fully saturated rings. The van der Waals surface area contributed by atoms with Gasteiger partial charge in [-0.2, -0.15) is 0 Å². The molecule has 15 heavy (non-hydrogen) atoms. The van der Waals surface area contributed by atoms with E-state index in [1.165, 1.54) is 11.8 Å². The van der Waals surface area contributed by atoms with E-state index in [4.69, 9.17) is 11.5 Å². The first-order valence-electron chi connectivity index (χ1n) is 4.79. The van der Waals surface area contributed by atoms with Crippen molar-refractivity contribution < 1.29 is 4.79 Å². The molecule has 0 radical (unpaired) electrons. The third kappa shape index (κ3) is 9.21. The summed E-state index contributed by atoms with van der Waals surface area (Å²) in [5, 5.41) is 3.47. The average Bonchev–Trinajstić information content (AvgIpc) is 2.25. The minimum Gasteiger partial charge on any atom is -0.402 e. The minimum atomic E-state index is 0.356. The summed E-state index contributed by atoms with van der Waals surface area (Å²) in [5.74, 6) is 0.356. The van der Waals surface area contributed by atoms with Gasteiger partial charge in [-0.15, -0.1) is 0 Å². The van der Waals surface area contributed by atoms with Gasteiger partial charge in [0.1, 0.15) is 6.29 Å². The highest BCUT2D eigenvalue weighted by molar-refractivity contribution is 8.03. The Hall–Kier alpha value is -1.10. The number of carbonyl (C=O) groups excluding carboxylic acids is 1. The third-order valence-electron chi connectivity index (χ3n) is 1.21. The van der Waals surface area contributed by atoms with Gasteiger partial charge < -0.3 is 21.6 Å². The van der Waals surface area contributed by atoms with Gasteiger partial charge in [0.05, 0.1) is 16.5 Å². The number of nitrogens with two attached hydrogens (primary N) is 2. The normalized spacial score (nSPS) is 12.1. The van der Waals surface area contributed by atoms with Crippen LogP contribution in [0.15, 0.2) is 22.5 Å². The SMILES string of the molecule is CC.CNC(/C=C(/C)N)=C(/N)SCC=O. The van der Waals surface area contributed by atoms with Crippen molar-refractivity contribution >= 4 is 18.0 Å². The van der Waals surface area contributed by atoms with Crippen LogP contribution in [0.3, 0.4) is 0 Å². The third-order valence-corrected chi connectivity index (χ3v) is 2.05. The summed E-state index contributed by atoms with van der Waals surface area (Å²) in [6, 6.07) is 0. The van der Waals surface area contributed by atoms with Crippen molar-refractivity contribution in [3.05, 3.63) is 22.5 Å². The fourth-order valence-corrected chi connectivity index (χ4v) is 1.26. The second kappa shape index (κ2) is 11.0. The number of carbonyl (C=O) groups is 1. The van der Waals surface area contributed by atoms with E-state index >= 15 is 0 Å². The molecule has 5 heteroatoms. The van der Waals surface area contributed by atoms with Crippen molar-refractivity contribution in [3.63, 3.8) is 0 Å². The molecule has 0 aliphatic carbocycles. The largest absolute Gasteiger partial charge is 0.402 e. The lowest BCUT2D eigenvalue weighted by atomic mass is 10.3. The molecule has 5 N–H and O–H groups in total. The molecule has 0 atom stereocenters. The molecule has 0 aromatic rings. The molecule has 0 spiro atoms. The van der Waals surface area contributed by atoms with E-state index in [9.17, 15) is 4.79 Å². The van der Waals surface area contributed by atoms with E-state index in [-0.39, 0.29) is 0 Å². The molecule has 0 aromatic heterocycles. The minimum absolute atomic E-state index is 0.356. The Morgan fingerprint density at radius 1 is 1.40 bits per heavy atom. The van der Waals surface area contributed by atoms with Crippen LogP contribution in [0.25, 0.3) is 0 Å². The number of thioether (sulfide) groups is 1. The van der Waals surface area contributed by atoms with Gasteiger partial charge in [0.2, 0.25) is 0 Å². The van der Waals surface area contributed by atoms with Gasteiger partial charge in [0.15, 0.2) is 0 Å². The second-order valence-corrected chi connectivity index (χ2v) is 3.46. The predicted octanol–water partition coefficient (Wildman–Crippen LogP) is 1.15. The topological polar surface area (TPSA) is 81.1 Å². The fraction of sp³-hybridized carbons (Fsp3) is 0.500. The molecule has 0 rings (SSSR count). The zero-order valence-corrected chi connectivity index (χ0v) is 10.6. The van der Waals surface area contributed by atoms with Crippen LogP contribution in [0.4, 0.5) is 0 Å². The van der Waals surface area contributed by atoms with Crippen molar-refractivity contribution in [1.29, 1.82) is 0 Å². The summed E-state index contributed by atoms with van der Waals surface area (Å²) in [4.78, 5) is 10.1. The highest BCUT2D eigenvalue weighted by Crippen LogP contribution is 2.12. The molecule has 0 aliphatic heterocycles. The van der Waals surface area contributed by atoms with E-state index in [0.717, 1.165) is 12.0 Å². The first kappa shape index (κ1) is 16.3. The van der Waals surface area contributed by atoms with Gasteiger partial charge in [-0.25, -0.2) is 0 Å². The fourth-order valence-electron chi connectivity index (χ4n) is 0.696. The number of hydrogen-bond donors (Lipinski definition) is 3. The molecular formula is C10H21N3OS. The smallest absolute Gasteiger partial charge is 0.130 e. The summed E-state index contributed by atoms with van der Waals surface area (Å²) in [6.45, 7) is 5.77. The summed E-state index contributed by atoms with van der Waals surface area (Å²) in [5.41, 5.74) is 12.6. The van der Waals surface area contributed by atoms with E-state index in [1.54, 1.807) is 20.0 Å². The molecule has 0 bridgehead atoms. The molecule has 0 aliphatic rings. The molecule has 0 unspecified atom stereocenters. The van der Waals surface area contributed by atoms with Crippen LogP contribution in [0.5, 0.6) is 0 Å². The van der Waals surface area contributed by atoms with Crippen molar-refractivity contribution in [3.8, 4) is 0 Å². The Balaban J connectivity index is 0. The van der Waals surface area contributed by atoms with Crippen LogP contribution in [-0.2, 0) is 4.79 Å². The first-order chi connectivity index (χ1) is 7.11. The lowest BCUT2D eigenvalue weighted by Crippen LogP contribution is -2.12. The quantitative estimate of drug-likeness (QED) is 0.488. The number of hydrogen-bond acceptors (Lipinski definition) is 5. The number of aldehydes is 1. The van der Waals surface area contributed by atoms with Crippen LogP contribution in [0.2, 0.25) is 0 Å². The van der Waals surface area contributed by atoms with Crippen LogP contribution in [-0.4, -0.2) is 19.1 Å². The molecule has 88 valence electrons. The Morgan fingerprint density at radius 2 is 1.93 bits per heavy atom. The number of rotatable bonds is 5. The zero-order chi connectivity index (χ0) is 12.3. The Morgan fingerprint density at radius 3 is 2.27 bits per heavy atom. The number of allylic oxidation sites excluding steroid dienone is 2. The molecule has 0 heterocycles. The standard InChI is InChI=1S/C8H15N3OS.C2H6/c1-6(9)5-7(11-2)8(10)13-4-3-12;1-2/h3,5,11H,4,9-10H2,1-2H3;1-2H3/b6-5-,8-7-;. The molecule has 4 nitrogen and oxygen atoms in total. The molecule has 0 amide bonds. The molecule has 0 aromatic carbocycles. The first-order valence-corrected chi connectivity index (χ1v) is 5.78. The number of nitrogens with one attached hydrogen (secondary N) is 1. The highest BCUT2D eigenvalue weighted by Gasteiger charge is 1.98. The molecular weight excluding hydrogens is 210 g/mol. The average molecular weight is 231 g/mol. The van der Waals surface area contributed by atoms with Crippen LogP contribution >= 0.6 is 11.8 Å². The van der Waals surface area contributed by atoms with E-state index < -0.39 is 0 Å². The summed E-state index contributed by atoms with van der Waals surface area (Å²) < 4.78 is 0. The van der Waals surface area contributed by atoms with Crippen LogP contribution in [0.1, 0.15) is 20.8 Å². The van der Waals surface area contributed by atoms with Crippen molar-refractivity contribution in [2.24, 2.45) is 11.5 Å². The van der Waals surface area contributed by atoms with Gasteiger partial charge in [0.25, 0.3) is 0 Å². The lowest BCUT2D eigenvalue weighted by Gasteiger charge is -2.06. The van der Waals surface area contributed by atoms with Crippen LogP contribution in [0, 0.1) is 0 Å². The Labute approximate surface area is 96.2 Å². The van der Waals surface area contributed by atoms with E-state index in [1.807, 2.05) is 13.8 Å². The predicted molar refractivity (Wildman–Crippen MR) is 68.1 cm³/mol. The van der Waals surface area contributed by atoms with Gasteiger partial charge in [-0.3, -0.25) is 0 Å². The maximum Gasteiger partial charge on any atom is 0.130 e. The lowest BCUT2D eigenvalue weighted by molar-refractivity contribution is -0.105. The summed E-state index contributed by atoms with van der Waals surface area (Å²) >= 11 is 1.28. The monoisotopic (exact) mass is 231 g/mol. The zero-order valence-electron chi connectivity index (χ0n) is 9.83. The summed E-state index contributed by atoms with van der Waals surface area (Å²) in [6.07, 6.45) is 2.54. The van der Waals surface area contributed by atoms with Gasteiger partial charge in [-0.05, 0) is 13.0 Å². The van der Waals surface area contributed by atoms with E-state index in [0.29, 0.717) is 16.5 Å². The van der Waals surface area contributed by atoms with Crippen LogP contribution < -0.4 is 16.8 Å². The van der Waals surface area contributed by atoms with Crippen molar-refractivity contribution in [2.45, 2.75) is 20.8 Å². The maximum atomic E-state index is 10.1.